The highest BCUT2D eigenvalue weighted by molar-refractivity contribution is 9.10. The molecule has 0 aliphatic heterocycles. The minimum absolute atomic E-state index is 0.0882. The summed E-state index contributed by atoms with van der Waals surface area (Å²) in [5, 5.41) is 28.9. The Morgan fingerprint density at radius 1 is 1.42 bits per heavy atom. The summed E-state index contributed by atoms with van der Waals surface area (Å²) in [7, 11) is 0. The number of carboxylic acid groups (broad SMARTS) is 1. The largest absolute Gasteiger partial charge is 0.479 e. The second-order valence-electron chi connectivity index (χ2n) is 3.75. The number of carbonyl (C=O) groups is 2. The predicted octanol–water partition coefficient (Wildman–Crippen LogP) is 1.68. The van der Waals surface area contributed by atoms with Crippen LogP contribution >= 0.6 is 15.9 Å². The molecule has 102 valence electrons. The highest BCUT2D eigenvalue weighted by Gasteiger charge is 2.27. The van der Waals surface area contributed by atoms with Crippen LogP contribution < -0.4 is 0 Å². The number of nitrogens with zero attached hydrogens (tertiary/aromatic N) is 1. The van der Waals surface area contributed by atoms with Crippen LogP contribution in [0.3, 0.4) is 0 Å². The fourth-order valence-corrected chi connectivity index (χ4v) is 1.72. The second-order valence-corrected chi connectivity index (χ2v) is 5.13. The van der Waals surface area contributed by atoms with Crippen LogP contribution in [-0.2, 0) is 4.79 Å². The Morgan fingerprint density at radius 2 is 2.00 bits per heavy atom. The molecular weight excluding hydrogens is 322 g/mol. The number of alkyl halides is 1. The number of aliphatic hydroxyl groups is 1. The van der Waals surface area contributed by atoms with Crippen molar-refractivity contribution in [2.45, 2.75) is 17.9 Å². The molecule has 0 aliphatic carbocycles. The molecule has 0 saturated carbocycles. The first-order valence-corrected chi connectivity index (χ1v) is 6.04. The van der Waals surface area contributed by atoms with E-state index < -0.39 is 33.1 Å². The summed E-state index contributed by atoms with van der Waals surface area (Å²) in [4.78, 5) is 31.9. The van der Waals surface area contributed by atoms with Gasteiger partial charge in [0.2, 0.25) is 0 Å². The van der Waals surface area contributed by atoms with Crippen molar-refractivity contribution in [1.82, 2.24) is 0 Å². The van der Waals surface area contributed by atoms with Crippen molar-refractivity contribution >= 4 is 33.4 Å². The third-order valence-electron chi connectivity index (χ3n) is 2.40. The van der Waals surface area contributed by atoms with Crippen molar-refractivity contribution in [2.24, 2.45) is 0 Å². The van der Waals surface area contributed by atoms with Gasteiger partial charge in [0.1, 0.15) is 0 Å². The smallest absolute Gasteiger partial charge is 0.337 e. The lowest BCUT2D eigenvalue weighted by atomic mass is 10.0. The van der Waals surface area contributed by atoms with Crippen LogP contribution in [0.4, 0.5) is 5.69 Å². The number of carboxylic acids is 1. The molecule has 0 amide bonds. The lowest BCUT2D eigenvalue weighted by molar-refractivity contribution is -0.386. The monoisotopic (exact) mass is 331 g/mol. The van der Waals surface area contributed by atoms with Crippen molar-refractivity contribution in [3.63, 3.8) is 0 Å². The molecule has 0 heterocycles. The molecule has 2 N–H and O–H groups in total. The molecule has 7 nitrogen and oxygen atoms in total. The molecule has 0 saturated heterocycles. The Bertz CT molecular complexity index is 542. The molecule has 0 bridgehead atoms. The van der Waals surface area contributed by atoms with Crippen molar-refractivity contribution in [3.8, 4) is 0 Å². The van der Waals surface area contributed by atoms with Crippen LogP contribution in [0.25, 0.3) is 0 Å². The van der Waals surface area contributed by atoms with Crippen molar-refractivity contribution in [2.75, 3.05) is 0 Å². The van der Waals surface area contributed by atoms with Gasteiger partial charge in [0.15, 0.2) is 11.9 Å². The average Bonchev–Trinajstić information content (AvgIpc) is 2.35. The summed E-state index contributed by atoms with van der Waals surface area (Å²) < 4.78 is 0. The van der Waals surface area contributed by atoms with Gasteiger partial charge in [-0.25, -0.2) is 4.79 Å². The van der Waals surface area contributed by atoms with E-state index in [9.17, 15) is 24.8 Å². The fraction of sp³-hybridized carbons (Fsp3) is 0.273. The molecule has 0 fully saturated rings. The summed E-state index contributed by atoms with van der Waals surface area (Å²) in [6, 6.07) is 3.25. The molecule has 19 heavy (non-hydrogen) atoms. The molecule has 1 aromatic carbocycles. The summed E-state index contributed by atoms with van der Waals surface area (Å²) in [5.74, 6) is -1.99. The van der Waals surface area contributed by atoms with Gasteiger partial charge >= 0.3 is 5.97 Å². The Labute approximate surface area is 116 Å². The highest BCUT2D eigenvalue weighted by atomic mass is 79.9. The zero-order valence-electron chi connectivity index (χ0n) is 9.74. The van der Waals surface area contributed by atoms with E-state index in [0.717, 1.165) is 12.1 Å². The number of aliphatic hydroxyl groups excluding tert-OH is 1. The van der Waals surface area contributed by atoms with Crippen LogP contribution in [0, 0.1) is 10.1 Å². The van der Waals surface area contributed by atoms with E-state index in [4.69, 9.17) is 5.11 Å². The summed E-state index contributed by atoms with van der Waals surface area (Å²) in [6.07, 6.45) is -2.06. The van der Waals surface area contributed by atoms with Crippen LogP contribution in [0.1, 0.15) is 28.9 Å². The number of halogens is 1. The zero-order valence-corrected chi connectivity index (χ0v) is 11.3. The molecule has 0 aliphatic rings. The van der Waals surface area contributed by atoms with Gasteiger partial charge in [-0.3, -0.25) is 14.9 Å². The van der Waals surface area contributed by atoms with Crippen LogP contribution in [0.2, 0.25) is 0 Å². The minimum Gasteiger partial charge on any atom is -0.479 e. The first-order chi connectivity index (χ1) is 8.75. The Hall–Kier alpha value is -1.80. The molecule has 1 rings (SSSR count). The quantitative estimate of drug-likeness (QED) is 0.367. The number of nitro groups is 1. The lowest BCUT2D eigenvalue weighted by Gasteiger charge is -2.09. The van der Waals surface area contributed by atoms with Crippen molar-refractivity contribution < 1.29 is 24.7 Å². The van der Waals surface area contributed by atoms with E-state index in [2.05, 4.69) is 15.9 Å². The maximum absolute atomic E-state index is 11.7. The molecule has 0 spiro atoms. The number of nitro benzene ring substituents is 1. The van der Waals surface area contributed by atoms with Crippen LogP contribution in [-0.4, -0.2) is 31.7 Å². The molecule has 8 heteroatoms. The van der Waals surface area contributed by atoms with E-state index in [1.165, 1.54) is 6.07 Å². The summed E-state index contributed by atoms with van der Waals surface area (Å²) >= 11 is 3.05. The predicted molar refractivity (Wildman–Crippen MR) is 68.4 cm³/mol. The molecule has 0 aromatic heterocycles. The third-order valence-corrected chi connectivity index (χ3v) is 2.81. The average molecular weight is 332 g/mol. The molecular formula is C11H10BrNO6. The molecule has 1 aromatic rings. The SMILES string of the molecule is CC(Br)C(=O)c1ccc([N+](=O)[O-])c(C(O)C(=O)O)c1. The highest BCUT2D eigenvalue weighted by Crippen LogP contribution is 2.27. The van der Waals surface area contributed by atoms with Gasteiger partial charge in [-0.05, 0) is 19.1 Å². The van der Waals surface area contributed by atoms with Crippen molar-refractivity contribution in [1.29, 1.82) is 0 Å². The van der Waals surface area contributed by atoms with Crippen LogP contribution in [0.15, 0.2) is 18.2 Å². The van der Waals surface area contributed by atoms with Crippen molar-refractivity contribution in [3.05, 3.63) is 39.4 Å². The normalized spacial score (nSPS) is 13.6. The topological polar surface area (TPSA) is 118 Å². The standard InChI is InChI=1S/C11H10BrNO6/c1-5(12)9(14)6-2-3-8(13(18)19)7(4-6)10(15)11(16)17/h2-5,10,15H,1H3,(H,16,17). The summed E-state index contributed by atoms with van der Waals surface area (Å²) in [5.41, 5.74) is -0.879. The number of carbonyl (C=O) groups excluding carboxylic acids is 1. The third kappa shape index (κ3) is 3.36. The van der Waals surface area contributed by atoms with E-state index >= 15 is 0 Å². The Balaban J connectivity index is 3.38. The number of Topliss-reactive ketones (excluding diaryl/α,β-unsaturated/α-hetero) is 1. The van der Waals surface area contributed by atoms with Gasteiger partial charge in [-0.2, -0.15) is 0 Å². The van der Waals surface area contributed by atoms with Gasteiger partial charge < -0.3 is 10.2 Å². The minimum atomic E-state index is -2.06. The number of hydrogen-bond acceptors (Lipinski definition) is 5. The number of ketones is 1. The van der Waals surface area contributed by atoms with Gasteiger partial charge in [0.25, 0.3) is 5.69 Å². The Morgan fingerprint density at radius 3 is 2.42 bits per heavy atom. The number of hydrogen-bond donors (Lipinski definition) is 2. The first-order valence-electron chi connectivity index (χ1n) is 5.13. The van der Waals surface area contributed by atoms with Gasteiger partial charge in [0, 0.05) is 11.6 Å². The van der Waals surface area contributed by atoms with Gasteiger partial charge in [-0.1, -0.05) is 15.9 Å². The second kappa shape index (κ2) is 5.89. The number of benzene rings is 1. The van der Waals surface area contributed by atoms with Gasteiger partial charge in [-0.15, -0.1) is 0 Å². The van der Waals surface area contributed by atoms with E-state index in [0.29, 0.717) is 0 Å². The number of rotatable bonds is 5. The fourth-order valence-electron chi connectivity index (χ4n) is 1.46. The maximum Gasteiger partial charge on any atom is 0.337 e. The van der Waals surface area contributed by atoms with E-state index in [1.54, 1.807) is 6.92 Å². The first kappa shape index (κ1) is 15.3. The van der Waals surface area contributed by atoms with E-state index in [-0.39, 0.29) is 11.3 Å². The molecule has 2 atom stereocenters. The lowest BCUT2D eigenvalue weighted by Crippen LogP contribution is -2.15. The van der Waals surface area contributed by atoms with Gasteiger partial charge in [0.05, 0.1) is 15.3 Å². The van der Waals surface area contributed by atoms with E-state index in [1.807, 2.05) is 0 Å². The summed E-state index contributed by atoms with van der Waals surface area (Å²) in [6.45, 7) is 1.57. The van der Waals surface area contributed by atoms with Crippen LogP contribution in [0.5, 0.6) is 0 Å². The molecule has 2 unspecified atom stereocenters. The maximum atomic E-state index is 11.7. The molecule has 0 radical (unpaired) electrons. The Kier molecular flexibility index (Phi) is 4.73. The number of aliphatic carboxylic acids is 1. The zero-order chi connectivity index (χ0) is 14.7.